The molecule has 0 aliphatic rings. The van der Waals surface area contributed by atoms with Crippen LogP contribution in [0.4, 0.5) is 0 Å². The zero-order chi connectivity index (χ0) is 14.4. The Balaban J connectivity index is 2.07. The first-order valence-electron chi connectivity index (χ1n) is 6.82. The van der Waals surface area contributed by atoms with Crippen LogP contribution in [0, 0.1) is 0 Å². The maximum atomic E-state index is 12.2. The number of sulfonamides is 1. The van der Waals surface area contributed by atoms with E-state index in [9.17, 15) is 8.42 Å². The summed E-state index contributed by atoms with van der Waals surface area (Å²) in [6.07, 6.45) is 2.68. The van der Waals surface area contributed by atoms with Gasteiger partial charge in [0.1, 0.15) is 0 Å². The maximum absolute atomic E-state index is 12.2. The van der Waals surface area contributed by atoms with E-state index in [1.165, 1.54) is 0 Å². The number of benzene rings is 2. The summed E-state index contributed by atoms with van der Waals surface area (Å²) >= 11 is 0. The molecule has 0 bridgehead atoms. The van der Waals surface area contributed by atoms with Crippen LogP contribution in [-0.4, -0.2) is 21.5 Å². The number of rotatable bonds is 7. The molecule has 5 heteroatoms. The van der Waals surface area contributed by atoms with Crippen molar-refractivity contribution in [1.82, 2.24) is 4.72 Å². The van der Waals surface area contributed by atoms with E-state index >= 15 is 0 Å². The third-order valence-corrected chi connectivity index (χ3v) is 4.66. The van der Waals surface area contributed by atoms with E-state index in [2.05, 4.69) is 4.72 Å². The van der Waals surface area contributed by atoms with Gasteiger partial charge in [0.15, 0.2) is 0 Å². The highest BCUT2D eigenvalue weighted by Gasteiger charge is 2.13. The zero-order valence-corrected chi connectivity index (χ0v) is 12.2. The number of hydrogen-bond donors (Lipinski definition) is 2. The van der Waals surface area contributed by atoms with Gasteiger partial charge < -0.3 is 5.73 Å². The van der Waals surface area contributed by atoms with Crippen LogP contribution in [0.3, 0.4) is 0 Å². The smallest absolute Gasteiger partial charge is 0.240 e. The number of nitrogens with two attached hydrogens (primary N) is 1. The quantitative estimate of drug-likeness (QED) is 0.769. The summed E-state index contributed by atoms with van der Waals surface area (Å²) in [5, 5.41) is 1.97. The highest BCUT2D eigenvalue weighted by molar-refractivity contribution is 7.89. The first kappa shape index (κ1) is 15.0. The monoisotopic (exact) mass is 292 g/mol. The van der Waals surface area contributed by atoms with E-state index in [0.29, 0.717) is 18.0 Å². The average Bonchev–Trinajstić information content (AvgIpc) is 2.46. The summed E-state index contributed by atoms with van der Waals surface area (Å²) < 4.78 is 27.0. The average molecular weight is 292 g/mol. The molecule has 4 nitrogen and oxygen atoms in total. The third kappa shape index (κ3) is 3.79. The van der Waals surface area contributed by atoms with Gasteiger partial charge in [0, 0.05) is 6.54 Å². The molecule has 0 heterocycles. The lowest BCUT2D eigenvalue weighted by Crippen LogP contribution is -2.24. The Morgan fingerprint density at radius 2 is 1.70 bits per heavy atom. The molecule has 0 saturated heterocycles. The summed E-state index contributed by atoms with van der Waals surface area (Å²) in [7, 11) is -3.42. The third-order valence-electron chi connectivity index (χ3n) is 3.20. The molecular weight excluding hydrogens is 272 g/mol. The lowest BCUT2D eigenvalue weighted by molar-refractivity contribution is 0.575. The van der Waals surface area contributed by atoms with Crippen molar-refractivity contribution in [2.75, 3.05) is 13.1 Å². The molecule has 0 aliphatic heterocycles. The van der Waals surface area contributed by atoms with Gasteiger partial charge in [0.2, 0.25) is 10.0 Å². The normalized spacial score (nSPS) is 11.8. The first-order valence-corrected chi connectivity index (χ1v) is 8.30. The minimum atomic E-state index is -3.42. The standard InChI is InChI=1S/C15H20N2O2S/c16-10-4-1-5-11-17-20(18,19)15-9-8-13-6-2-3-7-14(13)12-15/h2-3,6-9,12,17H,1,4-5,10-11,16H2. The summed E-state index contributed by atoms with van der Waals surface area (Å²) in [6.45, 7) is 1.10. The van der Waals surface area contributed by atoms with Crippen molar-refractivity contribution < 1.29 is 8.42 Å². The molecule has 0 unspecified atom stereocenters. The topological polar surface area (TPSA) is 72.2 Å². The maximum Gasteiger partial charge on any atom is 0.240 e. The second-order valence-electron chi connectivity index (χ2n) is 4.76. The second kappa shape index (κ2) is 6.83. The Morgan fingerprint density at radius 1 is 0.950 bits per heavy atom. The predicted molar refractivity (Wildman–Crippen MR) is 82.0 cm³/mol. The van der Waals surface area contributed by atoms with Crippen molar-refractivity contribution in [2.24, 2.45) is 5.73 Å². The SMILES string of the molecule is NCCCCCNS(=O)(=O)c1ccc2ccccc2c1. The van der Waals surface area contributed by atoms with Crippen molar-refractivity contribution in [3.63, 3.8) is 0 Å². The Hall–Kier alpha value is -1.43. The molecule has 20 heavy (non-hydrogen) atoms. The van der Waals surface area contributed by atoms with Crippen molar-refractivity contribution in [3.05, 3.63) is 42.5 Å². The Morgan fingerprint density at radius 3 is 2.45 bits per heavy atom. The number of hydrogen-bond acceptors (Lipinski definition) is 3. The summed E-state index contributed by atoms with van der Waals surface area (Å²) in [6, 6.07) is 12.9. The molecule has 2 rings (SSSR count). The molecule has 2 aromatic rings. The van der Waals surface area contributed by atoms with Gasteiger partial charge in [0.25, 0.3) is 0 Å². The molecule has 0 saturated carbocycles. The fraction of sp³-hybridized carbons (Fsp3) is 0.333. The highest BCUT2D eigenvalue weighted by Crippen LogP contribution is 2.18. The van der Waals surface area contributed by atoms with E-state index in [0.717, 1.165) is 30.0 Å². The molecule has 3 N–H and O–H groups in total. The Kier molecular flexibility index (Phi) is 5.11. The minimum Gasteiger partial charge on any atom is -0.330 e. The van der Waals surface area contributed by atoms with Gasteiger partial charge in [-0.2, -0.15) is 0 Å². The van der Waals surface area contributed by atoms with Crippen LogP contribution in [0.15, 0.2) is 47.4 Å². The van der Waals surface area contributed by atoms with Crippen LogP contribution in [0.2, 0.25) is 0 Å². The van der Waals surface area contributed by atoms with Crippen molar-refractivity contribution in [3.8, 4) is 0 Å². The zero-order valence-electron chi connectivity index (χ0n) is 11.4. The van der Waals surface area contributed by atoms with Gasteiger partial charge >= 0.3 is 0 Å². The van der Waals surface area contributed by atoms with E-state index in [-0.39, 0.29) is 0 Å². The van der Waals surface area contributed by atoms with Crippen molar-refractivity contribution >= 4 is 20.8 Å². The van der Waals surface area contributed by atoms with Gasteiger partial charge in [-0.05, 0) is 42.3 Å². The number of nitrogens with one attached hydrogen (secondary N) is 1. The van der Waals surface area contributed by atoms with Crippen LogP contribution in [0.5, 0.6) is 0 Å². The van der Waals surface area contributed by atoms with Gasteiger partial charge in [-0.3, -0.25) is 0 Å². The molecule has 0 atom stereocenters. The number of unbranched alkanes of at least 4 members (excludes halogenated alkanes) is 2. The van der Waals surface area contributed by atoms with Crippen LogP contribution in [0.25, 0.3) is 10.8 Å². The lowest BCUT2D eigenvalue weighted by atomic mass is 10.1. The molecule has 0 radical (unpaired) electrons. The van der Waals surface area contributed by atoms with E-state index < -0.39 is 10.0 Å². The fourth-order valence-corrected chi connectivity index (χ4v) is 3.18. The molecule has 2 aromatic carbocycles. The highest BCUT2D eigenvalue weighted by atomic mass is 32.2. The van der Waals surface area contributed by atoms with E-state index in [1.807, 2.05) is 30.3 Å². The van der Waals surface area contributed by atoms with Gasteiger partial charge in [-0.15, -0.1) is 0 Å². The van der Waals surface area contributed by atoms with Crippen molar-refractivity contribution in [2.45, 2.75) is 24.2 Å². The van der Waals surface area contributed by atoms with Gasteiger partial charge in [0.05, 0.1) is 4.90 Å². The minimum absolute atomic E-state index is 0.315. The summed E-state index contributed by atoms with van der Waals surface area (Å²) in [5.41, 5.74) is 5.40. The molecule has 0 aliphatic carbocycles. The van der Waals surface area contributed by atoms with Crippen LogP contribution in [0.1, 0.15) is 19.3 Å². The summed E-state index contributed by atoms with van der Waals surface area (Å²) in [5.74, 6) is 0. The second-order valence-corrected chi connectivity index (χ2v) is 6.52. The molecule has 0 amide bonds. The van der Waals surface area contributed by atoms with E-state index in [4.69, 9.17) is 5.73 Å². The number of fused-ring (bicyclic) bond motifs is 1. The van der Waals surface area contributed by atoms with Gasteiger partial charge in [-0.25, -0.2) is 13.1 Å². The first-order chi connectivity index (χ1) is 9.63. The Labute approximate surface area is 120 Å². The molecule has 0 spiro atoms. The fourth-order valence-electron chi connectivity index (χ4n) is 2.07. The van der Waals surface area contributed by atoms with Crippen LogP contribution >= 0.6 is 0 Å². The Bertz CT molecular complexity index is 668. The van der Waals surface area contributed by atoms with Crippen LogP contribution in [-0.2, 0) is 10.0 Å². The largest absolute Gasteiger partial charge is 0.330 e. The molecule has 0 aromatic heterocycles. The van der Waals surface area contributed by atoms with Crippen LogP contribution < -0.4 is 10.5 Å². The molecule has 108 valence electrons. The molecule has 0 fully saturated rings. The summed E-state index contributed by atoms with van der Waals surface area (Å²) in [4.78, 5) is 0.315. The van der Waals surface area contributed by atoms with Crippen molar-refractivity contribution in [1.29, 1.82) is 0 Å². The van der Waals surface area contributed by atoms with Gasteiger partial charge in [-0.1, -0.05) is 36.8 Å². The lowest BCUT2D eigenvalue weighted by Gasteiger charge is -2.07. The molecular formula is C15H20N2O2S. The van der Waals surface area contributed by atoms with E-state index in [1.54, 1.807) is 12.1 Å². The predicted octanol–water partition coefficient (Wildman–Crippen LogP) is 2.25.